The minimum atomic E-state index is 0.405. The van der Waals surface area contributed by atoms with E-state index in [1.165, 1.54) is 11.2 Å². The van der Waals surface area contributed by atoms with Crippen molar-refractivity contribution in [2.45, 2.75) is 6.42 Å². The minimum absolute atomic E-state index is 0.405. The highest BCUT2D eigenvalue weighted by Gasteiger charge is 2.06. The van der Waals surface area contributed by atoms with E-state index in [4.69, 9.17) is 11.6 Å². The third kappa shape index (κ3) is 2.88. The van der Waals surface area contributed by atoms with Crippen LogP contribution in [-0.4, -0.2) is 26.1 Å². The number of nitrogens with zero attached hydrogens (tertiary/aromatic N) is 4. The third-order valence-corrected chi connectivity index (χ3v) is 4.40. The molecule has 0 saturated heterocycles. The fourth-order valence-electron chi connectivity index (χ4n) is 1.71. The number of aromatic nitrogens is 4. The van der Waals surface area contributed by atoms with Crippen LogP contribution < -0.4 is 5.32 Å². The largest absolute Gasteiger partial charge is 0.369 e. The first-order valence-electron chi connectivity index (χ1n) is 5.57. The summed E-state index contributed by atoms with van der Waals surface area (Å²) >= 11 is 11.1. The lowest BCUT2D eigenvalue weighted by atomic mass is 10.3. The summed E-state index contributed by atoms with van der Waals surface area (Å²) in [5.41, 5.74) is 0. The van der Waals surface area contributed by atoms with E-state index in [1.807, 2.05) is 0 Å². The van der Waals surface area contributed by atoms with E-state index in [9.17, 15) is 0 Å². The summed E-state index contributed by atoms with van der Waals surface area (Å²) in [5, 5.41) is 7.81. The molecule has 0 radical (unpaired) electrons. The van der Waals surface area contributed by atoms with Crippen molar-refractivity contribution in [3.8, 4) is 0 Å². The molecule has 0 unspecified atom stereocenters. The smallest absolute Gasteiger partial charge is 0.255 e. The van der Waals surface area contributed by atoms with Crippen LogP contribution >= 0.6 is 38.9 Å². The van der Waals surface area contributed by atoms with Crippen LogP contribution in [0.2, 0.25) is 5.15 Å². The Morgan fingerprint density at radius 1 is 1.42 bits per heavy atom. The summed E-state index contributed by atoms with van der Waals surface area (Å²) in [5.74, 6) is 1.29. The molecule has 3 aromatic rings. The number of halogens is 2. The second-order valence-electron chi connectivity index (χ2n) is 3.82. The molecular formula is C11H9BrClN5S. The van der Waals surface area contributed by atoms with E-state index >= 15 is 0 Å². The minimum Gasteiger partial charge on any atom is -0.369 e. The van der Waals surface area contributed by atoms with Crippen LogP contribution in [0.3, 0.4) is 0 Å². The molecule has 19 heavy (non-hydrogen) atoms. The van der Waals surface area contributed by atoms with E-state index < -0.39 is 0 Å². The first-order valence-corrected chi connectivity index (χ1v) is 7.55. The monoisotopic (exact) mass is 357 g/mol. The average molecular weight is 359 g/mol. The summed E-state index contributed by atoms with van der Waals surface area (Å²) in [6.45, 7) is 0.794. The summed E-state index contributed by atoms with van der Waals surface area (Å²) in [6, 6.07) is 5.91. The first-order chi connectivity index (χ1) is 9.22. The van der Waals surface area contributed by atoms with Gasteiger partial charge in [-0.05, 0) is 34.5 Å². The maximum Gasteiger partial charge on any atom is 0.255 e. The van der Waals surface area contributed by atoms with Crippen LogP contribution in [-0.2, 0) is 6.42 Å². The topological polar surface area (TPSA) is 55.1 Å². The molecule has 3 aromatic heterocycles. The number of nitrogens with one attached hydrogen (secondary N) is 1. The number of thiophene rings is 1. The molecule has 0 saturated carbocycles. The van der Waals surface area contributed by atoms with E-state index in [0.29, 0.717) is 10.9 Å². The molecule has 0 bridgehead atoms. The molecule has 3 rings (SSSR count). The normalized spacial score (nSPS) is 11.1. The zero-order valence-electron chi connectivity index (χ0n) is 9.68. The van der Waals surface area contributed by atoms with Gasteiger partial charge in [0, 0.05) is 17.5 Å². The zero-order valence-corrected chi connectivity index (χ0v) is 12.8. The molecule has 1 N–H and O–H groups in total. The summed E-state index contributed by atoms with van der Waals surface area (Å²) < 4.78 is 2.78. The molecule has 0 atom stereocenters. The number of rotatable bonds is 4. The van der Waals surface area contributed by atoms with Crippen molar-refractivity contribution in [3.63, 3.8) is 0 Å². The molecule has 0 aliphatic carbocycles. The standard InChI is InChI=1S/C11H9BrClN5S/c12-8-2-1-7(19-8)3-4-14-10-5-9(13)17-11-15-6-16-18(10)11/h1-2,5-6,14H,3-4H2. The molecule has 0 aromatic carbocycles. The fraction of sp³-hybridized carbons (Fsp3) is 0.182. The van der Waals surface area contributed by atoms with Crippen molar-refractivity contribution in [3.05, 3.63) is 38.3 Å². The Hall–Kier alpha value is -1.18. The molecule has 0 spiro atoms. The Kier molecular flexibility index (Phi) is 3.67. The molecule has 0 amide bonds. The highest BCUT2D eigenvalue weighted by atomic mass is 79.9. The Bertz CT molecular complexity index is 710. The highest BCUT2D eigenvalue weighted by Crippen LogP contribution is 2.22. The number of anilines is 1. The lowest BCUT2D eigenvalue weighted by molar-refractivity contribution is 0.917. The van der Waals surface area contributed by atoms with Crippen LogP contribution in [0.5, 0.6) is 0 Å². The van der Waals surface area contributed by atoms with Gasteiger partial charge in [0.15, 0.2) is 0 Å². The van der Waals surface area contributed by atoms with Crippen molar-refractivity contribution in [1.29, 1.82) is 0 Å². The average Bonchev–Trinajstić information content (AvgIpc) is 2.98. The van der Waals surface area contributed by atoms with Crippen molar-refractivity contribution in [2.24, 2.45) is 0 Å². The fourth-order valence-corrected chi connectivity index (χ4v) is 3.37. The van der Waals surface area contributed by atoms with E-state index in [2.05, 4.69) is 48.4 Å². The maximum atomic E-state index is 5.94. The lowest BCUT2D eigenvalue weighted by Gasteiger charge is -2.07. The van der Waals surface area contributed by atoms with Crippen LogP contribution in [0.1, 0.15) is 4.88 Å². The highest BCUT2D eigenvalue weighted by molar-refractivity contribution is 9.11. The van der Waals surface area contributed by atoms with Crippen molar-refractivity contribution in [2.75, 3.05) is 11.9 Å². The van der Waals surface area contributed by atoms with E-state index in [0.717, 1.165) is 22.6 Å². The predicted octanol–water partition coefficient (Wildman–Crippen LogP) is 3.26. The Labute approximate surface area is 126 Å². The molecule has 5 nitrogen and oxygen atoms in total. The van der Waals surface area contributed by atoms with Crippen LogP contribution in [0.25, 0.3) is 5.78 Å². The summed E-state index contributed by atoms with van der Waals surface area (Å²) in [4.78, 5) is 9.41. The summed E-state index contributed by atoms with van der Waals surface area (Å²) in [7, 11) is 0. The van der Waals surface area contributed by atoms with Crippen molar-refractivity contribution >= 4 is 50.5 Å². The third-order valence-electron chi connectivity index (χ3n) is 2.53. The van der Waals surface area contributed by atoms with E-state index in [1.54, 1.807) is 21.9 Å². The molecule has 0 aliphatic rings. The van der Waals surface area contributed by atoms with Crippen LogP contribution in [0, 0.1) is 0 Å². The number of hydrogen-bond donors (Lipinski definition) is 1. The van der Waals surface area contributed by atoms with Gasteiger partial charge in [0.25, 0.3) is 5.78 Å². The van der Waals surface area contributed by atoms with E-state index in [-0.39, 0.29) is 0 Å². The van der Waals surface area contributed by atoms with Gasteiger partial charge in [-0.2, -0.15) is 19.6 Å². The van der Waals surface area contributed by atoms with Gasteiger partial charge in [0.2, 0.25) is 0 Å². The molecule has 0 aliphatic heterocycles. The SMILES string of the molecule is Clc1cc(NCCc2ccc(Br)s2)n2ncnc2n1. The number of fused-ring (bicyclic) bond motifs is 1. The predicted molar refractivity (Wildman–Crippen MR) is 80.0 cm³/mol. The summed E-state index contributed by atoms with van der Waals surface area (Å²) in [6.07, 6.45) is 2.40. The van der Waals surface area contributed by atoms with Crippen LogP contribution in [0.4, 0.5) is 5.82 Å². The van der Waals surface area contributed by atoms with Gasteiger partial charge in [-0.25, -0.2) is 0 Å². The first kappa shape index (κ1) is 12.8. The van der Waals surface area contributed by atoms with Crippen molar-refractivity contribution < 1.29 is 0 Å². The van der Waals surface area contributed by atoms with Crippen LogP contribution in [0.15, 0.2) is 28.3 Å². The van der Waals surface area contributed by atoms with Gasteiger partial charge in [0.05, 0.1) is 3.79 Å². The van der Waals surface area contributed by atoms with Gasteiger partial charge in [-0.3, -0.25) is 0 Å². The van der Waals surface area contributed by atoms with Crippen molar-refractivity contribution in [1.82, 2.24) is 19.6 Å². The Balaban J connectivity index is 1.73. The molecule has 98 valence electrons. The molecular weight excluding hydrogens is 350 g/mol. The Morgan fingerprint density at radius 2 is 2.32 bits per heavy atom. The molecule has 3 heterocycles. The molecule has 0 fully saturated rings. The number of hydrogen-bond acceptors (Lipinski definition) is 5. The second kappa shape index (κ2) is 5.44. The Morgan fingerprint density at radius 3 is 3.11 bits per heavy atom. The van der Waals surface area contributed by atoms with Gasteiger partial charge < -0.3 is 5.32 Å². The van der Waals surface area contributed by atoms with Gasteiger partial charge in [0.1, 0.15) is 17.3 Å². The maximum absolute atomic E-state index is 5.94. The second-order valence-corrected chi connectivity index (χ2v) is 6.75. The lowest BCUT2D eigenvalue weighted by Crippen LogP contribution is -2.09. The van der Waals surface area contributed by atoms with Gasteiger partial charge in [-0.1, -0.05) is 11.6 Å². The van der Waals surface area contributed by atoms with Gasteiger partial charge in [-0.15, -0.1) is 11.3 Å². The molecule has 8 heteroatoms. The van der Waals surface area contributed by atoms with Gasteiger partial charge >= 0.3 is 0 Å². The zero-order chi connectivity index (χ0) is 13.2. The quantitative estimate of drug-likeness (QED) is 0.727.